The fourth-order valence-electron chi connectivity index (χ4n) is 1.90. The predicted molar refractivity (Wildman–Crippen MR) is 64.1 cm³/mol. The molecule has 2 atom stereocenters. The van der Waals surface area contributed by atoms with Gasteiger partial charge in [0.25, 0.3) is 0 Å². The molecule has 1 saturated heterocycles. The summed E-state index contributed by atoms with van der Waals surface area (Å²) in [6, 6.07) is 0. The predicted octanol–water partition coefficient (Wildman–Crippen LogP) is 0.882. The standard InChI is InChI=1S/C12H23NO4/c1-3-13-12(2,11(14)15)5-7-17-9-10-4-6-16-8-10/h10,13H,3-9H2,1-2H3,(H,14,15). The SMILES string of the molecule is CCNC(C)(CCOCC1CCOC1)C(=O)O. The Bertz CT molecular complexity index is 241. The van der Waals surface area contributed by atoms with E-state index in [1.54, 1.807) is 6.92 Å². The summed E-state index contributed by atoms with van der Waals surface area (Å²) in [6.45, 7) is 6.95. The number of nitrogens with one attached hydrogen (secondary N) is 1. The van der Waals surface area contributed by atoms with E-state index in [1.807, 2.05) is 6.92 Å². The van der Waals surface area contributed by atoms with Crippen LogP contribution in [0, 0.1) is 5.92 Å². The Morgan fingerprint density at radius 2 is 2.41 bits per heavy atom. The van der Waals surface area contributed by atoms with Crippen molar-refractivity contribution in [3.05, 3.63) is 0 Å². The topological polar surface area (TPSA) is 67.8 Å². The van der Waals surface area contributed by atoms with Crippen LogP contribution in [-0.2, 0) is 14.3 Å². The molecule has 1 rings (SSSR count). The lowest BCUT2D eigenvalue weighted by Gasteiger charge is -2.25. The zero-order valence-electron chi connectivity index (χ0n) is 10.7. The maximum Gasteiger partial charge on any atom is 0.323 e. The van der Waals surface area contributed by atoms with Gasteiger partial charge in [0.1, 0.15) is 5.54 Å². The minimum atomic E-state index is -0.888. The van der Waals surface area contributed by atoms with Gasteiger partial charge in [-0.2, -0.15) is 0 Å². The minimum absolute atomic E-state index is 0.465. The van der Waals surface area contributed by atoms with E-state index in [4.69, 9.17) is 14.6 Å². The number of rotatable bonds is 8. The third-order valence-corrected chi connectivity index (χ3v) is 3.16. The smallest absolute Gasteiger partial charge is 0.323 e. The van der Waals surface area contributed by atoms with Crippen LogP contribution in [0.25, 0.3) is 0 Å². The molecule has 0 aromatic carbocycles. The second-order valence-electron chi connectivity index (χ2n) is 4.72. The van der Waals surface area contributed by atoms with Gasteiger partial charge in [0.2, 0.25) is 0 Å². The summed E-state index contributed by atoms with van der Waals surface area (Å²) in [5, 5.41) is 12.1. The Morgan fingerprint density at radius 1 is 1.65 bits per heavy atom. The average molecular weight is 245 g/mol. The summed E-state index contributed by atoms with van der Waals surface area (Å²) in [4.78, 5) is 11.1. The molecule has 0 aromatic heterocycles. The van der Waals surface area contributed by atoms with Crippen LogP contribution < -0.4 is 5.32 Å². The molecule has 0 spiro atoms. The zero-order chi connectivity index (χ0) is 12.7. The summed E-state index contributed by atoms with van der Waals surface area (Å²) in [5.74, 6) is -0.350. The van der Waals surface area contributed by atoms with Crippen LogP contribution in [0.4, 0.5) is 0 Å². The van der Waals surface area contributed by atoms with E-state index in [-0.39, 0.29) is 0 Å². The van der Waals surface area contributed by atoms with Crippen LogP contribution in [0.1, 0.15) is 26.7 Å². The molecule has 1 aliphatic rings. The number of hydrogen-bond donors (Lipinski definition) is 2. The highest BCUT2D eigenvalue weighted by Gasteiger charge is 2.31. The monoisotopic (exact) mass is 245 g/mol. The van der Waals surface area contributed by atoms with E-state index in [1.165, 1.54) is 0 Å². The normalized spacial score (nSPS) is 23.5. The van der Waals surface area contributed by atoms with Crippen LogP contribution in [0.5, 0.6) is 0 Å². The summed E-state index contributed by atoms with van der Waals surface area (Å²) < 4.78 is 10.8. The number of hydrogen-bond acceptors (Lipinski definition) is 4. The summed E-state index contributed by atoms with van der Waals surface area (Å²) >= 11 is 0. The van der Waals surface area contributed by atoms with Gasteiger partial charge in [0.15, 0.2) is 0 Å². The van der Waals surface area contributed by atoms with E-state index in [0.29, 0.717) is 32.1 Å². The van der Waals surface area contributed by atoms with Crippen LogP contribution >= 0.6 is 0 Å². The molecule has 1 fully saturated rings. The molecule has 2 unspecified atom stereocenters. The number of likely N-dealkylation sites (N-methyl/N-ethyl adjacent to an activating group) is 1. The van der Waals surface area contributed by atoms with Gasteiger partial charge in [-0.1, -0.05) is 6.92 Å². The number of carboxylic acids is 1. The molecule has 2 N–H and O–H groups in total. The van der Waals surface area contributed by atoms with Crippen LogP contribution in [0.3, 0.4) is 0 Å². The van der Waals surface area contributed by atoms with Gasteiger partial charge in [-0.15, -0.1) is 0 Å². The molecule has 100 valence electrons. The van der Waals surface area contributed by atoms with Gasteiger partial charge >= 0.3 is 5.97 Å². The Morgan fingerprint density at radius 3 is 2.94 bits per heavy atom. The summed E-state index contributed by atoms with van der Waals surface area (Å²) in [5.41, 5.74) is -0.888. The van der Waals surface area contributed by atoms with E-state index < -0.39 is 11.5 Å². The average Bonchev–Trinajstić information content (AvgIpc) is 2.77. The Hall–Kier alpha value is -0.650. The highest BCUT2D eigenvalue weighted by Crippen LogP contribution is 2.14. The molecule has 0 amide bonds. The molecular weight excluding hydrogens is 222 g/mol. The Kier molecular flexibility index (Phi) is 5.88. The fraction of sp³-hybridized carbons (Fsp3) is 0.917. The van der Waals surface area contributed by atoms with Gasteiger partial charge in [0.05, 0.1) is 13.2 Å². The first kappa shape index (κ1) is 14.4. The van der Waals surface area contributed by atoms with Crippen molar-refractivity contribution in [2.24, 2.45) is 5.92 Å². The molecule has 0 bridgehead atoms. The van der Waals surface area contributed by atoms with Crippen molar-refractivity contribution >= 4 is 5.97 Å². The molecule has 0 aliphatic carbocycles. The molecule has 0 radical (unpaired) electrons. The number of ether oxygens (including phenoxy) is 2. The van der Waals surface area contributed by atoms with E-state index in [9.17, 15) is 4.79 Å². The van der Waals surface area contributed by atoms with Crippen molar-refractivity contribution in [1.82, 2.24) is 5.32 Å². The molecule has 0 saturated carbocycles. The molecule has 5 heteroatoms. The number of carboxylic acid groups (broad SMARTS) is 1. The summed E-state index contributed by atoms with van der Waals surface area (Å²) in [6.07, 6.45) is 1.52. The zero-order valence-corrected chi connectivity index (χ0v) is 10.7. The molecule has 0 aromatic rings. The first-order valence-electron chi connectivity index (χ1n) is 6.22. The highest BCUT2D eigenvalue weighted by atomic mass is 16.5. The van der Waals surface area contributed by atoms with Crippen molar-refractivity contribution in [2.75, 3.05) is 33.0 Å². The largest absolute Gasteiger partial charge is 0.480 e. The highest BCUT2D eigenvalue weighted by molar-refractivity contribution is 5.78. The van der Waals surface area contributed by atoms with Gasteiger partial charge in [0, 0.05) is 19.1 Å². The van der Waals surface area contributed by atoms with E-state index in [2.05, 4.69) is 5.32 Å². The number of aliphatic carboxylic acids is 1. The Labute approximate surface area is 102 Å². The van der Waals surface area contributed by atoms with Crippen molar-refractivity contribution in [2.45, 2.75) is 32.2 Å². The van der Waals surface area contributed by atoms with Gasteiger partial charge < -0.3 is 19.9 Å². The van der Waals surface area contributed by atoms with E-state index >= 15 is 0 Å². The van der Waals surface area contributed by atoms with Crippen LogP contribution in [0.15, 0.2) is 0 Å². The number of carbonyl (C=O) groups is 1. The lowest BCUT2D eigenvalue weighted by atomic mass is 9.98. The lowest BCUT2D eigenvalue weighted by molar-refractivity contribution is -0.145. The third kappa shape index (κ3) is 4.61. The minimum Gasteiger partial charge on any atom is -0.480 e. The molecular formula is C12H23NO4. The molecule has 1 aliphatic heterocycles. The van der Waals surface area contributed by atoms with Crippen molar-refractivity contribution in [3.8, 4) is 0 Å². The van der Waals surface area contributed by atoms with Gasteiger partial charge in [-0.25, -0.2) is 0 Å². The summed E-state index contributed by atoms with van der Waals surface area (Å²) in [7, 11) is 0. The van der Waals surface area contributed by atoms with Crippen LogP contribution in [-0.4, -0.2) is 49.6 Å². The second-order valence-corrected chi connectivity index (χ2v) is 4.72. The second kappa shape index (κ2) is 6.93. The quantitative estimate of drug-likeness (QED) is 0.621. The first-order valence-corrected chi connectivity index (χ1v) is 6.22. The maximum atomic E-state index is 11.1. The van der Waals surface area contributed by atoms with E-state index in [0.717, 1.165) is 19.6 Å². The fourth-order valence-corrected chi connectivity index (χ4v) is 1.90. The van der Waals surface area contributed by atoms with Crippen molar-refractivity contribution in [1.29, 1.82) is 0 Å². The van der Waals surface area contributed by atoms with Gasteiger partial charge in [-0.3, -0.25) is 4.79 Å². The maximum absolute atomic E-state index is 11.1. The van der Waals surface area contributed by atoms with Crippen LogP contribution in [0.2, 0.25) is 0 Å². The molecule has 17 heavy (non-hydrogen) atoms. The van der Waals surface area contributed by atoms with Crippen molar-refractivity contribution in [3.63, 3.8) is 0 Å². The third-order valence-electron chi connectivity index (χ3n) is 3.16. The Balaban J connectivity index is 2.20. The lowest BCUT2D eigenvalue weighted by Crippen LogP contribution is -2.50. The first-order chi connectivity index (χ1) is 8.08. The van der Waals surface area contributed by atoms with Gasteiger partial charge in [-0.05, 0) is 26.3 Å². The van der Waals surface area contributed by atoms with Crippen molar-refractivity contribution < 1.29 is 19.4 Å². The molecule has 1 heterocycles. The molecule has 5 nitrogen and oxygen atoms in total.